The molecule has 7 nitrogen and oxygen atoms in total. The number of carbonyl (C=O) groups excluding carboxylic acids is 2. The van der Waals surface area contributed by atoms with E-state index in [1.807, 2.05) is 95.3 Å². The predicted octanol–water partition coefficient (Wildman–Crippen LogP) is 6.82. The molecule has 4 aromatic carbocycles. The Hall–Kier alpha value is -3.95. The first-order valence-corrected chi connectivity index (χ1v) is 17.0. The molecule has 0 fully saturated rings. The van der Waals surface area contributed by atoms with E-state index in [1.165, 1.54) is 17.0 Å². The second-order valence-corrected chi connectivity index (χ2v) is 15.0. The number of nitrogens with one attached hydrogen (secondary N) is 1. The third kappa shape index (κ3) is 9.28. The normalized spacial score (nSPS) is 12.3. The molecule has 4 rings (SSSR count). The van der Waals surface area contributed by atoms with Crippen molar-refractivity contribution in [3.63, 3.8) is 0 Å². The van der Waals surface area contributed by atoms with Gasteiger partial charge in [-0.1, -0.05) is 82.7 Å². The van der Waals surface area contributed by atoms with Crippen molar-refractivity contribution in [1.29, 1.82) is 0 Å². The number of carbonyl (C=O) groups is 2. The van der Waals surface area contributed by atoms with Gasteiger partial charge < -0.3 is 10.2 Å². The first-order valence-electron chi connectivity index (χ1n) is 14.8. The molecule has 1 N–H and O–H groups in total. The maximum Gasteiger partial charge on any atom is 0.264 e. The zero-order valence-electron chi connectivity index (χ0n) is 26.3. The molecule has 0 heterocycles. The fourth-order valence-electron chi connectivity index (χ4n) is 5.18. The molecule has 2 amide bonds. The number of rotatable bonds is 11. The Morgan fingerprint density at radius 3 is 1.96 bits per heavy atom. The van der Waals surface area contributed by atoms with E-state index < -0.39 is 34.1 Å². The van der Waals surface area contributed by atoms with Crippen LogP contribution < -0.4 is 9.62 Å². The molecule has 0 aliphatic heterocycles. The number of anilines is 1. The van der Waals surface area contributed by atoms with Crippen molar-refractivity contribution in [3.8, 4) is 0 Å². The smallest absolute Gasteiger partial charge is 0.264 e. The number of hydrogen-bond acceptors (Lipinski definition) is 4. The second-order valence-electron chi connectivity index (χ2n) is 12.3. The molecule has 9 heteroatoms. The highest BCUT2D eigenvalue weighted by atomic mass is 79.9. The number of aryl methyl sites for hydroxylation is 2. The lowest BCUT2D eigenvalue weighted by atomic mass is 10.0. The van der Waals surface area contributed by atoms with Gasteiger partial charge in [-0.25, -0.2) is 8.42 Å². The minimum atomic E-state index is -4.15. The van der Waals surface area contributed by atoms with E-state index in [9.17, 15) is 18.0 Å². The van der Waals surface area contributed by atoms with Gasteiger partial charge in [0.15, 0.2) is 0 Å². The number of hydrogen-bond donors (Lipinski definition) is 1. The van der Waals surface area contributed by atoms with Crippen molar-refractivity contribution in [1.82, 2.24) is 10.2 Å². The number of benzene rings is 4. The maximum absolute atomic E-state index is 14.6. The Bertz CT molecular complexity index is 1720. The molecule has 45 heavy (non-hydrogen) atoms. The average molecular weight is 691 g/mol. The van der Waals surface area contributed by atoms with E-state index in [1.54, 1.807) is 30.3 Å². The Labute approximate surface area is 275 Å². The second kappa shape index (κ2) is 14.4. The summed E-state index contributed by atoms with van der Waals surface area (Å²) >= 11 is 3.51. The molecule has 0 bridgehead atoms. The monoisotopic (exact) mass is 689 g/mol. The average Bonchev–Trinajstić information content (AvgIpc) is 2.97. The van der Waals surface area contributed by atoms with E-state index in [0.29, 0.717) is 5.69 Å². The van der Waals surface area contributed by atoms with Crippen LogP contribution in [0.2, 0.25) is 0 Å². The van der Waals surface area contributed by atoms with Crippen LogP contribution in [0.15, 0.2) is 112 Å². The molecule has 0 aliphatic carbocycles. The van der Waals surface area contributed by atoms with E-state index >= 15 is 0 Å². The zero-order chi connectivity index (χ0) is 32.8. The minimum absolute atomic E-state index is 0.0711. The Balaban J connectivity index is 1.84. The molecule has 0 spiro atoms. The van der Waals surface area contributed by atoms with Gasteiger partial charge in [0, 0.05) is 23.0 Å². The van der Waals surface area contributed by atoms with Crippen LogP contribution in [0.25, 0.3) is 0 Å². The molecule has 0 saturated heterocycles. The van der Waals surface area contributed by atoms with Gasteiger partial charge in [0.1, 0.15) is 12.6 Å². The van der Waals surface area contributed by atoms with Crippen LogP contribution in [-0.4, -0.2) is 43.3 Å². The summed E-state index contributed by atoms with van der Waals surface area (Å²) in [6.07, 6.45) is 0.248. The lowest BCUT2D eigenvalue weighted by Crippen LogP contribution is -2.56. The van der Waals surface area contributed by atoms with Crippen molar-refractivity contribution in [2.24, 2.45) is 0 Å². The minimum Gasteiger partial charge on any atom is -0.350 e. The predicted molar refractivity (Wildman–Crippen MR) is 183 cm³/mol. The van der Waals surface area contributed by atoms with Crippen molar-refractivity contribution < 1.29 is 18.0 Å². The summed E-state index contributed by atoms with van der Waals surface area (Å²) in [7, 11) is -4.15. The first kappa shape index (κ1) is 33.9. The Morgan fingerprint density at radius 1 is 0.800 bits per heavy atom. The fraction of sp³-hybridized carbons (Fsp3) is 0.278. The molecular weight excluding hydrogens is 650 g/mol. The molecule has 0 aliphatic rings. The number of amides is 2. The van der Waals surface area contributed by atoms with Gasteiger partial charge in [-0.2, -0.15) is 0 Å². The van der Waals surface area contributed by atoms with Crippen LogP contribution >= 0.6 is 15.9 Å². The topological polar surface area (TPSA) is 86.8 Å². The van der Waals surface area contributed by atoms with Gasteiger partial charge in [-0.3, -0.25) is 13.9 Å². The van der Waals surface area contributed by atoms with Gasteiger partial charge in [0.25, 0.3) is 10.0 Å². The van der Waals surface area contributed by atoms with E-state index in [4.69, 9.17) is 0 Å². The summed E-state index contributed by atoms with van der Waals surface area (Å²) in [5, 5.41) is 3.05. The van der Waals surface area contributed by atoms with Crippen LogP contribution in [0.5, 0.6) is 0 Å². The standard InChI is InChI=1S/C36H40BrN3O4S/c1-26-19-27(2)21-31(20-26)40(45(43,44)32-17-10-7-11-18-32)25-34(41)39(24-29-15-12-16-30(37)22-29)33(35(42)38-36(3,4)5)23-28-13-8-6-9-14-28/h6-22,33H,23-25H2,1-5H3,(H,38,42)/t33-/m1/s1. The Kier molecular flexibility index (Phi) is 10.9. The molecule has 0 saturated carbocycles. The lowest BCUT2D eigenvalue weighted by molar-refractivity contribution is -0.140. The van der Waals surface area contributed by atoms with Gasteiger partial charge in [-0.15, -0.1) is 0 Å². The van der Waals surface area contributed by atoms with Gasteiger partial charge in [0.2, 0.25) is 11.8 Å². The SMILES string of the molecule is Cc1cc(C)cc(N(CC(=O)N(Cc2cccc(Br)c2)[C@H](Cc2ccccc2)C(=O)NC(C)(C)C)S(=O)(=O)c2ccccc2)c1. The van der Waals surface area contributed by atoms with Crippen molar-refractivity contribution >= 4 is 43.5 Å². The molecular formula is C36H40BrN3O4S. The van der Waals surface area contributed by atoms with Crippen molar-refractivity contribution in [2.75, 3.05) is 10.8 Å². The van der Waals surface area contributed by atoms with Crippen LogP contribution in [0.1, 0.15) is 43.0 Å². The highest BCUT2D eigenvalue weighted by molar-refractivity contribution is 9.10. The van der Waals surface area contributed by atoms with E-state index in [-0.39, 0.29) is 23.8 Å². The summed E-state index contributed by atoms with van der Waals surface area (Å²) in [5.74, 6) is -0.822. The van der Waals surface area contributed by atoms with Crippen LogP contribution in [-0.2, 0) is 32.6 Å². The third-order valence-corrected chi connectivity index (χ3v) is 9.40. The summed E-state index contributed by atoms with van der Waals surface area (Å²) < 4.78 is 30.3. The molecule has 0 unspecified atom stereocenters. The zero-order valence-corrected chi connectivity index (χ0v) is 28.7. The summed E-state index contributed by atoms with van der Waals surface area (Å²) in [6, 6.07) is 29.7. The van der Waals surface area contributed by atoms with Crippen LogP contribution in [0.3, 0.4) is 0 Å². The van der Waals surface area contributed by atoms with Crippen LogP contribution in [0, 0.1) is 13.8 Å². The van der Waals surface area contributed by atoms with E-state index in [0.717, 1.165) is 31.0 Å². The lowest BCUT2D eigenvalue weighted by Gasteiger charge is -2.35. The van der Waals surface area contributed by atoms with Gasteiger partial charge in [-0.05, 0) is 93.3 Å². The number of halogens is 1. The third-order valence-electron chi connectivity index (χ3n) is 7.12. The quantitative estimate of drug-likeness (QED) is 0.187. The van der Waals surface area contributed by atoms with Crippen molar-refractivity contribution in [3.05, 3.63) is 130 Å². The maximum atomic E-state index is 14.6. The highest BCUT2D eigenvalue weighted by Crippen LogP contribution is 2.27. The van der Waals surface area contributed by atoms with Gasteiger partial charge in [0.05, 0.1) is 10.6 Å². The largest absolute Gasteiger partial charge is 0.350 e. The molecule has 0 radical (unpaired) electrons. The molecule has 0 aromatic heterocycles. The van der Waals surface area contributed by atoms with Crippen LogP contribution in [0.4, 0.5) is 5.69 Å². The summed E-state index contributed by atoms with van der Waals surface area (Å²) in [4.78, 5) is 30.2. The molecule has 1 atom stereocenters. The molecule has 236 valence electrons. The fourth-order valence-corrected chi connectivity index (χ4v) is 7.05. The first-order chi connectivity index (χ1) is 21.2. The highest BCUT2D eigenvalue weighted by Gasteiger charge is 2.35. The Morgan fingerprint density at radius 2 is 1.38 bits per heavy atom. The van der Waals surface area contributed by atoms with Crippen molar-refractivity contribution in [2.45, 2.75) is 64.1 Å². The number of sulfonamides is 1. The van der Waals surface area contributed by atoms with Gasteiger partial charge >= 0.3 is 0 Å². The molecule has 4 aromatic rings. The number of nitrogens with zero attached hydrogens (tertiary/aromatic N) is 2. The summed E-state index contributed by atoms with van der Waals surface area (Å²) in [5.41, 5.74) is 3.22. The summed E-state index contributed by atoms with van der Waals surface area (Å²) in [6.45, 7) is 9.04. The van der Waals surface area contributed by atoms with E-state index in [2.05, 4.69) is 21.2 Å².